The molecule has 3 rings (SSSR count). The maximum absolute atomic E-state index is 11.3. The number of primary amides is 1. The molecule has 1 unspecified atom stereocenters. The van der Waals surface area contributed by atoms with Crippen LogP contribution >= 0.6 is 24.0 Å². The van der Waals surface area contributed by atoms with Gasteiger partial charge >= 0.3 is 0 Å². The van der Waals surface area contributed by atoms with Crippen molar-refractivity contribution >= 4 is 35.8 Å². The fourth-order valence-corrected chi connectivity index (χ4v) is 4.69. The van der Waals surface area contributed by atoms with E-state index in [0.717, 1.165) is 70.2 Å². The van der Waals surface area contributed by atoms with Gasteiger partial charge in [0.1, 0.15) is 5.75 Å². The van der Waals surface area contributed by atoms with Crippen LogP contribution in [0.3, 0.4) is 0 Å². The zero-order valence-corrected chi connectivity index (χ0v) is 21.1. The lowest BCUT2D eigenvalue weighted by Gasteiger charge is -2.40. The molecule has 2 saturated heterocycles. The summed E-state index contributed by atoms with van der Waals surface area (Å²) in [7, 11) is 1.83. The Bertz CT molecular complexity index is 720. The Hall–Kier alpha value is -1.55. The van der Waals surface area contributed by atoms with Crippen LogP contribution in [0.1, 0.15) is 44.6 Å². The third-order valence-corrected chi connectivity index (χ3v) is 6.33. The largest absolute Gasteiger partial charge is 0.494 e. The molecule has 0 spiro atoms. The summed E-state index contributed by atoms with van der Waals surface area (Å²) in [6, 6.07) is 8.49. The minimum absolute atomic E-state index is 0. The molecule has 0 aliphatic carbocycles. The van der Waals surface area contributed by atoms with Crippen LogP contribution in [0, 0.1) is 5.92 Å². The fraction of sp³-hybridized carbons (Fsp3) is 0.652. The summed E-state index contributed by atoms with van der Waals surface area (Å²) < 4.78 is 11.3. The summed E-state index contributed by atoms with van der Waals surface area (Å²) in [4.78, 5) is 18.2. The van der Waals surface area contributed by atoms with Crippen LogP contribution in [-0.4, -0.2) is 63.3 Å². The molecule has 2 heterocycles. The normalized spacial score (nSPS) is 21.2. The number of amides is 1. The van der Waals surface area contributed by atoms with Crippen molar-refractivity contribution in [3.05, 3.63) is 29.8 Å². The van der Waals surface area contributed by atoms with Gasteiger partial charge in [0.25, 0.3) is 0 Å². The third-order valence-electron chi connectivity index (χ3n) is 6.33. The van der Waals surface area contributed by atoms with E-state index in [1.807, 2.05) is 14.0 Å². The maximum atomic E-state index is 11.3. The number of carbonyl (C=O) groups excluding carboxylic acids is 1. The molecule has 0 bridgehead atoms. The summed E-state index contributed by atoms with van der Waals surface area (Å²) in [5, 5.41) is 3.63. The summed E-state index contributed by atoms with van der Waals surface area (Å²) in [5.74, 6) is 1.89. The van der Waals surface area contributed by atoms with Gasteiger partial charge in [-0.1, -0.05) is 12.1 Å². The molecule has 2 aliphatic heterocycles. The smallest absolute Gasteiger partial charge is 0.217 e. The minimum Gasteiger partial charge on any atom is -0.494 e. The Balaban J connectivity index is 0.00000341. The van der Waals surface area contributed by atoms with Gasteiger partial charge in [0.2, 0.25) is 5.91 Å². The molecule has 0 aromatic heterocycles. The predicted octanol–water partition coefficient (Wildman–Crippen LogP) is 2.91. The van der Waals surface area contributed by atoms with Gasteiger partial charge in [-0.05, 0) is 56.2 Å². The lowest BCUT2D eigenvalue weighted by atomic mass is 9.74. The van der Waals surface area contributed by atoms with E-state index in [0.29, 0.717) is 18.9 Å². The molecule has 1 amide bonds. The van der Waals surface area contributed by atoms with Crippen molar-refractivity contribution < 1.29 is 14.3 Å². The van der Waals surface area contributed by atoms with Crippen molar-refractivity contribution in [1.29, 1.82) is 0 Å². The molecule has 1 atom stereocenters. The highest BCUT2D eigenvalue weighted by molar-refractivity contribution is 14.0. The van der Waals surface area contributed by atoms with Crippen molar-refractivity contribution in [2.75, 3.05) is 46.5 Å². The number of rotatable bonds is 7. The van der Waals surface area contributed by atoms with Crippen molar-refractivity contribution in [3.63, 3.8) is 0 Å². The van der Waals surface area contributed by atoms with E-state index in [2.05, 4.69) is 39.5 Å². The molecule has 3 N–H and O–H groups in total. The quantitative estimate of drug-likeness (QED) is 0.313. The summed E-state index contributed by atoms with van der Waals surface area (Å²) in [6.45, 7) is 6.76. The van der Waals surface area contributed by atoms with Gasteiger partial charge in [0, 0.05) is 51.7 Å². The lowest BCUT2D eigenvalue weighted by molar-refractivity contribution is -0.119. The van der Waals surface area contributed by atoms with Crippen molar-refractivity contribution in [2.24, 2.45) is 16.6 Å². The average Bonchev–Trinajstić information content (AvgIpc) is 2.75. The van der Waals surface area contributed by atoms with Crippen molar-refractivity contribution in [1.82, 2.24) is 10.2 Å². The molecule has 2 aliphatic rings. The first kappa shape index (κ1) is 25.7. The number of benzene rings is 1. The number of hydrogen-bond donors (Lipinski definition) is 2. The first-order valence-electron chi connectivity index (χ1n) is 11.1. The minimum atomic E-state index is -0.221. The van der Waals surface area contributed by atoms with Gasteiger partial charge in [-0.15, -0.1) is 24.0 Å². The molecule has 7 nitrogen and oxygen atoms in total. The van der Waals surface area contributed by atoms with Crippen LogP contribution < -0.4 is 15.8 Å². The van der Waals surface area contributed by atoms with E-state index < -0.39 is 0 Å². The van der Waals surface area contributed by atoms with E-state index in [1.54, 1.807) is 0 Å². The first-order valence-corrected chi connectivity index (χ1v) is 11.1. The molecule has 0 saturated carbocycles. The SMILES string of the molecule is CCOc1ccc(C2(CNC(=NC)N3CCCC(CC(N)=O)C3)CCOCC2)cc1.I. The Kier molecular flexibility index (Phi) is 10.3. The molecular formula is C23H37IN4O3. The second-order valence-corrected chi connectivity index (χ2v) is 8.38. The Morgan fingerprint density at radius 1 is 1.32 bits per heavy atom. The molecule has 31 heavy (non-hydrogen) atoms. The number of ether oxygens (including phenoxy) is 2. The van der Waals surface area contributed by atoms with Crippen LogP contribution in [0.25, 0.3) is 0 Å². The molecule has 2 fully saturated rings. The van der Waals surface area contributed by atoms with Gasteiger partial charge in [0.05, 0.1) is 6.61 Å². The number of nitrogens with one attached hydrogen (secondary N) is 1. The zero-order chi connectivity index (χ0) is 21.4. The first-order chi connectivity index (χ1) is 14.6. The fourth-order valence-electron chi connectivity index (χ4n) is 4.69. The van der Waals surface area contributed by atoms with E-state index in [-0.39, 0.29) is 35.3 Å². The number of piperidine rings is 1. The summed E-state index contributed by atoms with van der Waals surface area (Å²) in [5.41, 5.74) is 6.73. The third kappa shape index (κ3) is 6.97. The molecular weight excluding hydrogens is 507 g/mol. The number of carbonyl (C=O) groups is 1. The summed E-state index contributed by atoms with van der Waals surface area (Å²) in [6.07, 6.45) is 4.48. The van der Waals surface area contributed by atoms with E-state index in [9.17, 15) is 4.79 Å². The van der Waals surface area contributed by atoms with Gasteiger partial charge in [0.15, 0.2) is 5.96 Å². The van der Waals surface area contributed by atoms with Gasteiger partial charge in [-0.25, -0.2) is 0 Å². The number of likely N-dealkylation sites (tertiary alicyclic amines) is 1. The number of nitrogens with zero attached hydrogens (tertiary/aromatic N) is 2. The van der Waals surface area contributed by atoms with Crippen LogP contribution in [0.15, 0.2) is 29.3 Å². The Labute approximate surface area is 203 Å². The molecule has 1 aromatic carbocycles. The van der Waals surface area contributed by atoms with E-state index in [4.69, 9.17) is 15.2 Å². The predicted molar refractivity (Wildman–Crippen MR) is 134 cm³/mol. The summed E-state index contributed by atoms with van der Waals surface area (Å²) >= 11 is 0. The number of guanidine groups is 1. The maximum Gasteiger partial charge on any atom is 0.217 e. The molecule has 174 valence electrons. The van der Waals surface area contributed by atoms with Gasteiger partial charge in [-0.3, -0.25) is 9.79 Å². The number of nitrogens with two attached hydrogens (primary N) is 1. The molecule has 8 heteroatoms. The Morgan fingerprint density at radius 3 is 2.65 bits per heavy atom. The average molecular weight is 544 g/mol. The second kappa shape index (κ2) is 12.5. The number of halogens is 1. The van der Waals surface area contributed by atoms with E-state index in [1.165, 1.54) is 5.56 Å². The Morgan fingerprint density at radius 2 is 2.03 bits per heavy atom. The molecule has 1 aromatic rings. The monoisotopic (exact) mass is 544 g/mol. The van der Waals surface area contributed by atoms with Crippen LogP contribution in [0.5, 0.6) is 5.75 Å². The van der Waals surface area contributed by atoms with Gasteiger partial charge in [-0.2, -0.15) is 0 Å². The van der Waals surface area contributed by atoms with Crippen LogP contribution in [-0.2, 0) is 14.9 Å². The molecule has 0 radical (unpaired) electrons. The zero-order valence-electron chi connectivity index (χ0n) is 18.8. The highest BCUT2D eigenvalue weighted by atomic mass is 127. The highest BCUT2D eigenvalue weighted by Gasteiger charge is 2.35. The highest BCUT2D eigenvalue weighted by Crippen LogP contribution is 2.35. The van der Waals surface area contributed by atoms with Crippen molar-refractivity contribution in [3.8, 4) is 5.75 Å². The van der Waals surface area contributed by atoms with E-state index >= 15 is 0 Å². The van der Waals surface area contributed by atoms with Crippen LogP contribution in [0.2, 0.25) is 0 Å². The van der Waals surface area contributed by atoms with Gasteiger partial charge < -0.3 is 25.4 Å². The second-order valence-electron chi connectivity index (χ2n) is 8.38. The number of hydrogen-bond acceptors (Lipinski definition) is 4. The van der Waals surface area contributed by atoms with Crippen LogP contribution in [0.4, 0.5) is 0 Å². The number of aliphatic imine (C=N–C) groups is 1. The topological polar surface area (TPSA) is 89.2 Å². The standard InChI is InChI=1S/C23H36N4O3.HI/c1-3-30-20-8-6-19(7-9-20)23(10-13-29-14-11-23)17-26-22(25-2)27-12-4-5-18(16-27)15-21(24)28;/h6-9,18H,3-5,10-17H2,1-2H3,(H2,24,28)(H,25,26);1H. The van der Waals surface area contributed by atoms with Crippen molar-refractivity contribution in [2.45, 2.75) is 44.4 Å². The lowest BCUT2D eigenvalue weighted by Crippen LogP contribution is -2.51.